The van der Waals surface area contributed by atoms with Crippen molar-refractivity contribution in [2.75, 3.05) is 32.7 Å². The Morgan fingerprint density at radius 2 is 2.07 bits per heavy atom. The van der Waals surface area contributed by atoms with Crippen molar-refractivity contribution in [1.82, 2.24) is 24.9 Å². The van der Waals surface area contributed by atoms with Crippen molar-refractivity contribution in [2.45, 2.75) is 26.2 Å². The van der Waals surface area contributed by atoms with Gasteiger partial charge in [-0.2, -0.15) is 4.98 Å². The number of nitrogens with zero attached hydrogens (tertiary/aromatic N) is 5. The third kappa shape index (κ3) is 5.27. The van der Waals surface area contributed by atoms with Gasteiger partial charge in [-0.15, -0.1) is 11.3 Å². The quantitative estimate of drug-likeness (QED) is 0.595. The number of aryl methyl sites for hydroxylation is 2. The van der Waals surface area contributed by atoms with Crippen molar-refractivity contribution >= 4 is 17.2 Å². The zero-order chi connectivity index (χ0) is 20.1. The second kappa shape index (κ2) is 9.28. The number of carbonyl (C=O) groups excluding carboxylic acids is 1. The molecule has 152 valence electrons. The normalized spacial score (nSPS) is 15.0. The van der Waals surface area contributed by atoms with Crippen molar-refractivity contribution in [3.05, 3.63) is 53.0 Å². The van der Waals surface area contributed by atoms with Crippen molar-refractivity contribution in [3.63, 3.8) is 0 Å². The molecule has 1 saturated heterocycles. The molecule has 0 saturated carbocycles. The summed E-state index contributed by atoms with van der Waals surface area (Å²) in [5, 5.41) is 6.06. The summed E-state index contributed by atoms with van der Waals surface area (Å²) in [6.07, 6.45) is 3.97. The fraction of sp³-hybridized carbons (Fsp3) is 0.429. The van der Waals surface area contributed by atoms with Crippen LogP contribution in [0.2, 0.25) is 0 Å². The van der Waals surface area contributed by atoms with E-state index in [0.29, 0.717) is 18.1 Å². The molecule has 8 heteroatoms. The smallest absolute Gasteiger partial charge is 0.227 e. The molecular weight excluding hydrogens is 386 g/mol. The van der Waals surface area contributed by atoms with Crippen molar-refractivity contribution in [3.8, 4) is 10.7 Å². The molecule has 3 aromatic heterocycles. The summed E-state index contributed by atoms with van der Waals surface area (Å²) < 4.78 is 5.36. The second-order valence-electron chi connectivity index (χ2n) is 7.30. The van der Waals surface area contributed by atoms with Crippen LogP contribution >= 0.6 is 11.3 Å². The van der Waals surface area contributed by atoms with E-state index in [1.165, 1.54) is 0 Å². The minimum atomic E-state index is 0.183. The Labute approximate surface area is 174 Å². The number of amides is 1. The number of hydrogen-bond donors (Lipinski definition) is 0. The summed E-state index contributed by atoms with van der Waals surface area (Å²) in [6.45, 7) is 6.29. The first-order valence-corrected chi connectivity index (χ1v) is 10.8. The van der Waals surface area contributed by atoms with Gasteiger partial charge < -0.3 is 9.42 Å². The third-order valence-corrected chi connectivity index (χ3v) is 5.99. The number of aromatic nitrogens is 3. The van der Waals surface area contributed by atoms with E-state index in [1.807, 2.05) is 41.5 Å². The van der Waals surface area contributed by atoms with E-state index >= 15 is 0 Å². The second-order valence-corrected chi connectivity index (χ2v) is 8.25. The lowest BCUT2D eigenvalue weighted by molar-refractivity contribution is -0.132. The van der Waals surface area contributed by atoms with Crippen LogP contribution in [0, 0.1) is 6.92 Å². The lowest BCUT2D eigenvalue weighted by Gasteiger charge is -2.34. The number of piperazine rings is 1. The third-order valence-electron chi connectivity index (χ3n) is 5.13. The van der Waals surface area contributed by atoms with Gasteiger partial charge in [0.1, 0.15) is 0 Å². The molecule has 0 spiro atoms. The van der Waals surface area contributed by atoms with Gasteiger partial charge in [-0.1, -0.05) is 17.3 Å². The molecule has 0 bridgehead atoms. The summed E-state index contributed by atoms with van der Waals surface area (Å²) >= 11 is 1.61. The topological polar surface area (TPSA) is 75.4 Å². The van der Waals surface area contributed by atoms with Gasteiger partial charge in [-0.25, -0.2) is 0 Å². The van der Waals surface area contributed by atoms with Gasteiger partial charge in [0, 0.05) is 44.5 Å². The predicted octanol–water partition coefficient (Wildman–Crippen LogP) is 2.82. The zero-order valence-corrected chi connectivity index (χ0v) is 17.4. The molecule has 1 aliphatic heterocycles. The highest BCUT2D eigenvalue weighted by Crippen LogP contribution is 2.21. The molecule has 3 aromatic rings. The minimum absolute atomic E-state index is 0.183. The minimum Gasteiger partial charge on any atom is -0.340 e. The first-order chi connectivity index (χ1) is 14.2. The van der Waals surface area contributed by atoms with Gasteiger partial charge in [-0.3, -0.25) is 14.7 Å². The van der Waals surface area contributed by atoms with E-state index in [1.54, 1.807) is 17.5 Å². The largest absolute Gasteiger partial charge is 0.340 e. The summed E-state index contributed by atoms with van der Waals surface area (Å²) in [5.41, 5.74) is 1.95. The van der Waals surface area contributed by atoms with E-state index in [-0.39, 0.29) is 5.91 Å². The van der Waals surface area contributed by atoms with Crippen LogP contribution in [-0.2, 0) is 17.6 Å². The van der Waals surface area contributed by atoms with Gasteiger partial charge in [0.25, 0.3) is 0 Å². The van der Waals surface area contributed by atoms with E-state index in [9.17, 15) is 4.79 Å². The number of hydrogen-bond acceptors (Lipinski definition) is 7. The van der Waals surface area contributed by atoms with Gasteiger partial charge >= 0.3 is 0 Å². The average molecular weight is 412 g/mol. The van der Waals surface area contributed by atoms with Crippen LogP contribution in [0.5, 0.6) is 0 Å². The molecule has 1 amide bonds. The Balaban J connectivity index is 1.17. The van der Waals surface area contributed by atoms with E-state index < -0.39 is 0 Å². The van der Waals surface area contributed by atoms with E-state index in [2.05, 4.69) is 20.0 Å². The number of thiophene rings is 1. The van der Waals surface area contributed by atoms with Gasteiger partial charge in [0.05, 0.1) is 11.3 Å². The summed E-state index contributed by atoms with van der Waals surface area (Å²) in [7, 11) is 0. The van der Waals surface area contributed by atoms with Crippen LogP contribution in [0.25, 0.3) is 10.7 Å². The molecule has 4 rings (SSSR count). The Morgan fingerprint density at radius 3 is 2.79 bits per heavy atom. The fourth-order valence-corrected chi connectivity index (χ4v) is 4.08. The SMILES string of the molecule is Cc1ccc(CC(=O)N2CCN(CCCc3nc(-c4cccs4)no3)CC2)cn1. The maximum absolute atomic E-state index is 12.5. The first kappa shape index (κ1) is 19.7. The summed E-state index contributed by atoms with van der Waals surface area (Å²) in [5.74, 6) is 1.54. The summed E-state index contributed by atoms with van der Waals surface area (Å²) in [6, 6.07) is 7.92. The lowest BCUT2D eigenvalue weighted by atomic mass is 10.1. The summed E-state index contributed by atoms with van der Waals surface area (Å²) in [4.78, 5) is 26.6. The average Bonchev–Trinajstić information content (AvgIpc) is 3.42. The molecule has 0 unspecified atom stereocenters. The standard InChI is InChI=1S/C21H25N5O2S/c1-16-6-7-17(15-22-16)14-20(27)26-11-9-25(10-12-26)8-2-5-19-23-21(24-28-19)18-4-3-13-29-18/h3-4,6-7,13,15H,2,5,8-12,14H2,1H3. The van der Waals surface area contributed by atoms with Crippen LogP contribution in [0.3, 0.4) is 0 Å². The van der Waals surface area contributed by atoms with Crippen LogP contribution in [0.15, 0.2) is 40.4 Å². The molecule has 1 aliphatic rings. The fourth-order valence-electron chi connectivity index (χ4n) is 3.43. The van der Waals surface area contributed by atoms with E-state index in [0.717, 1.165) is 61.7 Å². The first-order valence-electron chi connectivity index (χ1n) is 9.95. The Kier molecular flexibility index (Phi) is 6.31. The highest BCUT2D eigenvalue weighted by molar-refractivity contribution is 7.13. The molecule has 0 atom stereocenters. The number of rotatable bonds is 7. The number of pyridine rings is 1. The molecule has 29 heavy (non-hydrogen) atoms. The molecule has 0 N–H and O–H groups in total. The molecule has 4 heterocycles. The van der Waals surface area contributed by atoms with Gasteiger partial charge in [0.15, 0.2) is 0 Å². The predicted molar refractivity (Wildman–Crippen MR) is 112 cm³/mol. The highest BCUT2D eigenvalue weighted by Gasteiger charge is 2.21. The van der Waals surface area contributed by atoms with Crippen LogP contribution < -0.4 is 0 Å². The van der Waals surface area contributed by atoms with Crippen LogP contribution in [0.1, 0.15) is 23.6 Å². The Morgan fingerprint density at radius 1 is 1.21 bits per heavy atom. The van der Waals surface area contributed by atoms with E-state index in [4.69, 9.17) is 4.52 Å². The molecular formula is C21H25N5O2S. The van der Waals surface area contributed by atoms with Crippen LogP contribution in [0.4, 0.5) is 0 Å². The Bertz CT molecular complexity index is 915. The molecule has 7 nitrogen and oxygen atoms in total. The number of carbonyl (C=O) groups is 1. The molecule has 0 aromatic carbocycles. The molecule has 0 radical (unpaired) electrons. The maximum atomic E-state index is 12.5. The Hall–Kier alpha value is -2.58. The monoisotopic (exact) mass is 411 g/mol. The maximum Gasteiger partial charge on any atom is 0.227 e. The van der Waals surface area contributed by atoms with Crippen LogP contribution in [-0.4, -0.2) is 63.6 Å². The van der Waals surface area contributed by atoms with Crippen molar-refractivity contribution in [2.24, 2.45) is 0 Å². The van der Waals surface area contributed by atoms with Gasteiger partial charge in [-0.05, 0) is 43.0 Å². The lowest BCUT2D eigenvalue weighted by Crippen LogP contribution is -2.49. The molecule has 1 fully saturated rings. The van der Waals surface area contributed by atoms with Crippen molar-refractivity contribution < 1.29 is 9.32 Å². The zero-order valence-electron chi connectivity index (χ0n) is 16.6. The van der Waals surface area contributed by atoms with Crippen molar-refractivity contribution in [1.29, 1.82) is 0 Å². The molecule has 0 aliphatic carbocycles. The van der Waals surface area contributed by atoms with Gasteiger partial charge in [0.2, 0.25) is 17.6 Å². The highest BCUT2D eigenvalue weighted by atomic mass is 32.1.